The molecule has 1 aliphatic rings. The summed E-state index contributed by atoms with van der Waals surface area (Å²) in [6.45, 7) is 1.77. The van der Waals surface area contributed by atoms with Gasteiger partial charge in [-0.15, -0.1) is 10.2 Å². The smallest absolute Gasteiger partial charge is 0.211 e. The quantitative estimate of drug-likeness (QED) is 0.572. The minimum absolute atomic E-state index is 0.556. The van der Waals surface area contributed by atoms with Crippen molar-refractivity contribution >= 4 is 45.1 Å². The number of hydrogen-bond donors (Lipinski definition) is 3. The molecule has 0 atom stereocenters. The van der Waals surface area contributed by atoms with Crippen molar-refractivity contribution in [2.45, 2.75) is 38.5 Å². The van der Waals surface area contributed by atoms with Crippen LogP contribution in [0, 0.1) is 5.41 Å². The number of aromatic nitrogens is 4. The van der Waals surface area contributed by atoms with Gasteiger partial charge in [-0.2, -0.15) is 0 Å². The Kier molecular flexibility index (Phi) is 4.81. The number of allylic oxidation sites excluding steroid dienone is 2. The molecule has 7 nitrogen and oxygen atoms in total. The highest BCUT2D eigenvalue weighted by atomic mass is 32.1. The number of fused-ring (bicyclic) bond motifs is 1. The standard InChI is InChI=1S/C19H21N7S/c1-11(21)14(9-20)13-8-16-15(22-10-13)6-7-17(23-16)24-19-26-25-18(27-19)12-4-2-3-5-12/h6-10,12,20H,2-5,21H2,1H3,(H,23,24,26)/b14-11+,20-9?. The highest BCUT2D eigenvalue weighted by Crippen LogP contribution is 2.36. The lowest BCUT2D eigenvalue weighted by Gasteiger charge is -2.07. The third kappa shape index (κ3) is 3.66. The summed E-state index contributed by atoms with van der Waals surface area (Å²) in [5.41, 5.74) is 9.39. The maximum Gasteiger partial charge on any atom is 0.211 e. The van der Waals surface area contributed by atoms with E-state index in [2.05, 4.69) is 25.5 Å². The first-order chi connectivity index (χ1) is 13.1. The van der Waals surface area contributed by atoms with Crippen LogP contribution in [0.15, 0.2) is 30.1 Å². The van der Waals surface area contributed by atoms with Gasteiger partial charge in [0.2, 0.25) is 5.13 Å². The van der Waals surface area contributed by atoms with E-state index in [-0.39, 0.29) is 0 Å². The Bertz CT molecular complexity index is 1010. The summed E-state index contributed by atoms with van der Waals surface area (Å²) in [5, 5.41) is 21.3. The van der Waals surface area contributed by atoms with Gasteiger partial charge in [0.05, 0.1) is 11.0 Å². The Balaban J connectivity index is 1.60. The van der Waals surface area contributed by atoms with Gasteiger partial charge in [-0.1, -0.05) is 24.2 Å². The topological polar surface area (TPSA) is 113 Å². The van der Waals surface area contributed by atoms with E-state index in [1.807, 2.05) is 18.2 Å². The van der Waals surface area contributed by atoms with Crippen LogP contribution in [0.1, 0.15) is 49.1 Å². The van der Waals surface area contributed by atoms with Crippen molar-refractivity contribution in [3.05, 3.63) is 40.7 Å². The molecule has 0 amide bonds. The number of nitrogens with one attached hydrogen (secondary N) is 2. The number of hydrogen-bond acceptors (Lipinski definition) is 8. The molecule has 1 aliphatic carbocycles. The van der Waals surface area contributed by atoms with E-state index in [0.717, 1.165) is 26.7 Å². The zero-order valence-corrected chi connectivity index (χ0v) is 15.9. The highest BCUT2D eigenvalue weighted by Gasteiger charge is 2.21. The van der Waals surface area contributed by atoms with Crippen LogP contribution in [-0.4, -0.2) is 26.4 Å². The van der Waals surface area contributed by atoms with E-state index < -0.39 is 0 Å². The lowest BCUT2D eigenvalue weighted by Crippen LogP contribution is -2.00. The molecule has 3 aromatic heterocycles. The number of nitrogens with zero attached hydrogens (tertiary/aromatic N) is 4. The molecule has 8 heteroatoms. The average molecular weight is 379 g/mol. The molecule has 4 rings (SSSR count). The van der Waals surface area contributed by atoms with Crippen molar-refractivity contribution in [3.63, 3.8) is 0 Å². The van der Waals surface area contributed by atoms with E-state index in [9.17, 15) is 0 Å². The summed E-state index contributed by atoms with van der Waals surface area (Å²) in [7, 11) is 0. The summed E-state index contributed by atoms with van der Waals surface area (Å²) in [6.07, 6.45) is 7.94. The molecular formula is C19H21N7S. The van der Waals surface area contributed by atoms with Crippen molar-refractivity contribution in [3.8, 4) is 0 Å². The third-order valence-electron chi connectivity index (χ3n) is 4.80. The van der Waals surface area contributed by atoms with Gasteiger partial charge in [0.25, 0.3) is 0 Å². The predicted molar refractivity (Wildman–Crippen MR) is 110 cm³/mol. The van der Waals surface area contributed by atoms with Crippen LogP contribution in [0.4, 0.5) is 10.9 Å². The summed E-state index contributed by atoms with van der Waals surface area (Å²) in [5.74, 6) is 1.25. The molecule has 0 bridgehead atoms. The van der Waals surface area contributed by atoms with Crippen molar-refractivity contribution in [2.24, 2.45) is 5.73 Å². The number of rotatable bonds is 5. The molecule has 0 aromatic carbocycles. The zero-order valence-electron chi connectivity index (χ0n) is 15.1. The van der Waals surface area contributed by atoms with Gasteiger partial charge >= 0.3 is 0 Å². The predicted octanol–water partition coefficient (Wildman–Crippen LogP) is 4.22. The Hall–Kier alpha value is -2.87. The van der Waals surface area contributed by atoms with Gasteiger partial charge in [-0.3, -0.25) is 4.98 Å². The van der Waals surface area contributed by atoms with Gasteiger partial charge in [-0.05, 0) is 38.0 Å². The van der Waals surface area contributed by atoms with Crippen LogP contribution in [-0.2, 0) is 0 Å². The summed E-state index contributed by atoms with van der Waals surface area (Å²) < 4.78 is 0. The van der Waals surface area contributed by atoms with Crippen molar-refractivity contribution in [1.82, 2.24) is 20.2 Å². The van der Waals surface area contributed by atoms with Crippen molar-refractivity contribution in [2.75, 3.05) is 5.32 Å². The monoisotopic (exact) mass is 379 g/mol. The van der Waals surface area contributed by atoms with Gasteiger partial charge in [-0.25, -0.2) is 4.98 Å². The van der Waals surface area contributed by atoms with Gasteiger partial charge in [0.15, 0.2) is 0 Å². The van der Waals surface area contributed by atoms with Gasteiger partial charge in [0.1, 0.15) is 10.8 Å². The number of nitrogens with two attached hydrogens (primary N) is 1. The van der Waals surface area contributed by atoms with Crippen LogP contribution in [0.3, 0.4) is 0 Å². The van der Waals surface area contributed by atoms with Crippen LogP contribution < -0.4 is 11.1 Å². The molecule has 3 heterocycles. The molecule has 0 aliphatic heterocycles. The van der Waals surface area contributed by atoms with Crippen LogP contribution >= 0.6 is 11.3 Å². The second-order valence-electron chi connectivity index (χ2n) is 6.75. The second-order valence-corrected chi connectivity index (χ2v) is 7.76. The van der Waals surface area contributed by atoms with Crippen LogP contribution in [0.5, 0.6) is 0 Å². The van der Waals surface area contributed by atoms with E-state index in [1.54, 1.807) is 24.5 Å². The number of pyridine rings is 2. The average Bonchev–Trinajstić information content (AvgIpc) is 3.33. The molecule has 0 unspecified atom stereocenters. The maximum atomic E-state index is 7.56. The molecule has 4 N–H and O–H groups in total. The first-order valence-corrected chi connectivity index (χ1v) is 9.80. The summed E-state index contributed by atoms with van der Waals surface area (Å²) in [6, 6.07) is 5.69. The maximum absolute atomic E-state index is 7.56. The van der Waals surface area contributed by atoms with E-state index in [0.29, 0.717) is 23.0 Å². The first kappa shape index (κ1) is 17.5. The zero-order chi connectivity index (χ0) is 18.8. The molecule has 3 aromatic rings. The Morgan fingerprint density at radius 1 is 1.26 bits per heavy atom. The fourth-order valence-corrected chi connectivity index (χ4v) is 4.30. The van der Waals surface area contributed by atoms with Crippen LogP contribution in [0.2, 0.25) is 0 Å². The fourth-order valence-electron chi connectivity index (χ4n) is 3.38. The highest BCUT2D eigenvalue weighted by molar-refractivity contribution is 7.15. The minimum atomic E-state index is 0.556. The summed E-state index contributed by atoms with van der Waals surface area (Å²) in [4.78, 5) is 9.07. The molecule has 1 fully saturated rings. The molecule has 0 saturated heterocycles. The number of anilines is 2. The summed E-state index contributed by atoms with van der Waals surface area (Å²) >= 11 is 1.60. The Labute approximate surface area is 161 Å². The van der Waals surface area contributed by atoms with Gasteiger partial charge in [0, 0.05) is 35.2 Å². The molecule has 138 valence electrons. The lowest BCUT2D eigenvalue weighted by molar-refractivity contribution is 0.705. The molecule has 0 radical (unpaired) electrons. The van der Waals surface area contributed by atoms with Crippen LogP contribution in [0.25, 0.3) is 16.6 Å². The molecule has 27 heavy (non-hydrogen) atoms. The van der Waals surface area contributed by atoms with Crippen molar-refractivity contribution < 1.29 is 0 Å². The van der Waals surface area contributed by atoms with E-state index in [1.165, 1.54) is 31.9 Å². The molecule has 1 saturated carbocycles. The molecule has 0 spiro atoms. The molecular weight excluding hydrogens is 358 g/mol. The second kappa shape index (κ2) is 7.40. The van der Waals surface area contributed by atoms with Crippen molar-refractivity contribution in [1.29, 1.82) is 5.41 Å². The first-order valence-electron chi connectivity index (χ1n) is 8.98. The Morgan fingerprint density at radius 3 is 2.81 bits per heavy atom. The Morgan fingerprint density at radius 2 is 2.07 bits per heavy atom. The normalized spacial score (nSPS) is 15.7. The third-order valence-corrected chi connectivity index (χ3v) is 5.80. The van der Waals surface area contributed by atoms with E-state index >= 15 is 0 Å². The largest absolute Gasteiger partial charge is 0.402 e. The van der Waals surface area contributed by atoms with E-state index in [4.69, 9.17) is 11.1 Å². The minimum Gasteiger partial charge on any atom is -0.402 e. The lowest BCUT2D eigenvalue weighted by atomic mass is 10.1. The van der Waals surface area contributed by atoms with Gasteiger partial charge < -0.3 is 16.5 Å². The SMILES string of the molecule is C/C(N)=C(/C=N)c1cnc2ccc(Nc3nnc(C4CCCC4)s3)nc2c1. The fraction of sp³-hybridized carbons (Fsp3) is 0.316.